The second kappa shape index (κ2) is 5.44. The largest absolute Gasteiger partial charge is 0.299 e. The van der Waals surface area contributed by atoms with Gasteiger partial charge in [0.15, 0.2) is 0 Å². The predicted octanol–water partition coefficient (Wildman–Crippen LogP) is 4.40. The molecule has 0 saturated heterocycles. The molecule has 19 heavy (non-hydrogen) atoms. The highest BCUT2D eigenvalue weighted by atomic mass is 19.1. The van der Waals surface area contributed by atoms with Crippen molar-refractivity contribution in [1.82, 2.24) is 0 Å². The fourth-order valence-electron chi connectivity index (χ4n) is 3.05. The number of rotatable bonds is 2. The van der Waals surface area contributed by atoms with Crippen molar-refractivity contribution in [3.63, 3.8) is 0 Å². The summed E-state index contributed by atoms with van der Waals surface area (Å²) in [6.45, 7) is 6.73. The van der Waals surface area contributed by atoms with Crippen LogP contribution in [0.5, 0.6) is 0 Å². The summed E-state index contributed by atoms with van der Waals surface area (Å²) in [5.41, 5.74) is 1.19. The first kappa shape index (κ1) is 14.2. The van der Waals surface area contributed by atoms with Gasteiger partial charge in [0.2, 0.25) is 0 Å². The maximum absolute atomic E-state index is 13.2. The summed E-state index contributed by atoms with van der Waals surface area (Å²) in [6, 6.07) is 6.63. The van der Waals surface area contributed by atoms with Crippen molar-refractivity contribution < 1.29 is 9.18 Å². The number of carbonyl (C=O) groups is 1. The Morgan fingerprint density at radius 2 is 2.05 bits per heavy atom. The van der Waals surface area contributed by atoms with Crippen LogP contribution in [0.25, 0.3) is 0 Å². The maximum Gasteiger partial charge on any atom is 0.136 e. The number of Topliss-reactive ketones (excluding diaryl/α,β-unsaturated/α-hetero) is 1. The SMILES string of the molecule is CC(C)(C)C1CCC(=O)C(Cc2cccc(F)c2)C1. The van der Waals surface area contributed by atoms with E-state index in [2.05, 4.69) is 20.8 Å². The highest BCUT2D eigenvalue weighted by Crippen LogP contribution is 2.39. The van der Waals surface area contributed by atoms with E-state index in [1.807, 2.05) is 6.07 Å². The van der Waals surface area contributed by atoms with Crippen molar-refractivity contribution in [2.75, 3.05) is 0 Å². The van der Waals surface area contributed by atoms with E-state index in [0.717, 1.165) is 18.4 Å². The van der Waals surface area contributed by atoms with E-state index in [9.17, 15) is 9.18 Å². The number of hydrogen-bond donors (Lipinski definition) is 0. The van der Waals surface area contributed by atoms with Crippen molar-refractivity contribution in [1.29, 1.82) is 0 Å². The van der Waals surface area contributed by atoms with Crippen LogP contribution in [0.2, 0.25) is 0 Å². The molecule has 1 fully saturated rings. The summed E-state index contributed by atoms with van der Waals surface area (Å²) in [5, 5.41) is 0. The number of carbonyl (C=O) groups excluding carboxylic acids is 1. The third kappa shape index (κ3) is 3.65. The normalized spacial score (nSPS) is 24.5. The minimum atomic E-state index is -0.215. The molecule has 0 amide bonds. The molecule has 0 N–H and O–H groups in total. The maximum atomic E-state index is 13.2. The lowest BCUT2D eigenvalue weighted by Crippen LogP contribution is -2.33. The topological polar surface area (TPSA) is 17.1 Å². The lowest BCUT2D eigenvalue weighted by atomic mass is 9.67. The zero-order valence-corrected chi connectivity index (χ0v) is 12.1. The van der Waals surface area contributed by atoms with Gasteiger partial charge < -0.3 is 0 Å². The molecule has 1 saturated carbocycles. The Labute approximate surface area is 115 Å². The predicted molar refractivity (Wildman–Crippen MR) is 75.4 cm³/mol. The van der Waals surface area contributed by atoms with Crippen molar-refractivity contribution in [3.05, 3.63) is 35.6 Å². The Balaban J connectivity index is 2.08. The zero-order chi connectivity index (χ0) is 14.0. The molecule has 1 aromatic carbocycles. The number of hydrogen-bond acceptors (Lipinski definition) is 1. The standard InChI is InChI=1S/C17H23FO/c1-17(2,3)14-7-8-16(19)13(11-14)9-12-5-4-6-15(18)10-12/h4-6,10,13-14H,7-9,11H2,1-3H3. The Kier molecular flexibility index (Phi) is 4.07. The molecular formula is C17H23FO. The number of benzene rings is 1. The van der Waals surface area contributed by atoms with Gasteiger partial charge in [0.1, 0.15) is 11.6 Å². The van der Waals surface area contributed by atoms with Crippen molar-refractivity contribution in [3.8, 4) is 0 Å². The van der Waals surface area contributed by atoms with E-state index in [4.69, 9.17) is 0 Å². The molecule has 2 unspecified atom stereocenters. The lowest BCUT2D eigenvalue weighted by Gasteiger charge is -2.37. The lowest BCUT2D eigenvalue weighted by molar-refractivity contribution is -0.126. The summed E-state index contributed by atoms with van der Waals surface area (Å²) in [5.74, 6) is 0.793. The van der Waals surface area contributed by atoms with E-state index in [-0.39, 0.29) is 17.2 Å². The van der Waals surface area contributed by atoms with Crippen LogP contribution < -0.4 is 0 Å². The number of ketones is 1. The molecule has 2 rings (SSSR count). The second-order valence-electron chi connectivity index (χ2n) is 6.83. The monoisotopic (exact) mass is 262 g/mol. The van der Waals surface area contributed by atoms with E-state index in [0.29, 0.717) is 24.5 Å². The van der Waals surface area contributed by atoms with Crippen LogP contribution in [-0.4, -0.2) is 5.78 Å². The summed E-state index contributed by atoms with van der Waals surface area (Å²) >= 11 is 0. The van der Waals surface area contributed by atoms with Crippen LogP contribution in [0.1, 0.15) is 45.6 Å². The van der Waals surface area contributed by atoms with Gasteiger partial charge in [0.25, 0.3) is 0 Å². The smallest absolute Gasteiger partial charge is 0.136 e. The summed E-state index contributed by atoms with van der Waals surface area (Å²) in [7, 11) is 0. The molecule has 1 aliphatic carbocycles. The van der Waals surface area contributed by atoms with E-state index in [1.54, 1.807) is 12.1 Å². The first-order chi connectivity index (χ1) is 8.86. The molecule has 0 aliphatic heterocycles. The zero-order valence-electron chi connectivity index (χ0n) is 12.1. The Morgan fingerprint density at radius 1 is 1.32 bits per heavy atom. The second-order valence-corrected chi connectivity index (χ2v) is 6.83. The molecule has 0 bridgehead atoms. The highest BCUT2D eigenvalue weighted by molar-refractivity contribution is 5.82. The molecule has 2 atom stereocenters. The first-order valence-electron chi connectivity index (χ1n) is 7.13. The quantitative estimate of drug-likeness (QED) is 0.772. The molecule has 0 aromatic heterocycles. The van der Waals surface area contributed by atoms with E-state index >= 15 is 0 Å². The Bertz CT molecular complexity index is 459. The van der Waals surface area contributed by atoms with Gasteiger partial charge in [-0.2, -0.15) is 0 Å². The van der Waals surface area contributed by atoms with Crippen molar-refractivity contribution in [2.45, 2.75) is 46.5 Å². The molecule has 0 radical (unpaired) electrons. The molecule has 2 heteroatoms. The van der Waals surface area contributed by atoms with Gasteiger partial charge in [-0.25, -0.2) is 4.39 Å². The average Bonchev–Trinajstić information content (AvgIpc) is 2.30. The molecule has 1 nitrogen and oxygen atoms in total. The van der Waals surface area contributed by atoms with Gasteiger partial charge >= 0.3 is 0 Å². The number of halogens is 1. The summed E-state index contributed by atoms with van der Waals surface area (Å²) in [6.07, 6.45) is 3.31. The molecular weight excluding hydrogens is 239 g/mol. The minimum absolute atomic E-state index is 0.0692. The Hall–Kier alpha value is -1.18. The van der Waals surface area contributed by atoms with Crippen LogP contribution >= 0.6 is 0 Å². The van der Waals surface area contributed by atoms with Crippen LogP contribution in [0.3, 0.4) is 0 Å². The third-order valence-corrected chi connectivity index (χ3v) is 4.36. The van der Waals surface area contributed by atoms with Crippen LogP contribution in [0, 0.1) is 23.1 Å². The van der Waals surface area contributed by atoms with E-state index < -0.39 is 0 Å². The van der Waals surface area contributed by atoms with Gasteiger partial charge in [-0.15, -0.1) is 0 Å². The third-order valence-electron chi connectivity index (χ3n) is 4.36. The average molecular weight is 262 g/mol. The fraction of sp³-hybridized carbons (Fsp3) is 0.588. The van der Waals surface area contributed by atoms with Crippen LogP contribution in [-0.2, 0) is 11.2 Å². The summed E-state index contributed by atoms with van der Waals surface area (Å²) in [4.78, 5) is 12.1. The molecule has 1 aromatic rings. The van der Waals surface area contributed by atoms with Gasteiger partial charge in [-0.1, -0.05) is 32.9 Å². The van der Waals surface area contributed by atoms with Gasteiger partial charge in [0, 0.05) is 12.3 Å². The Morgan fingerprint density at radius 3 is 2.68 bits per heavy atom. The molecule has 104 valence electrons. The van der Waals surface area contributed by atoms with Crippen molar-refractivity contribution >= 4 is 5.78 Å². The van der Waals surface area contributed by atoms with Crippen LogP contribution in [0.4, 0.5) is 4.39 Å². The van der Waals surface area contributed by atoms with E-state index in [1.165, 1.54) is 6.07 Å². The minimum Gasteiger partial charge on any atom is -0.299 e. The molecule has 0 spiro atoms. The van der Waals surface area contributed by atoms with Gasteiger partial charge in [-0.3, -0.25) is 4.79 Å². The highest BCUT2D eigenvalue weighted by Gasteiger charge is 2.34. The molecule has 1 aliphatic rings. The molecule has 0 heterocycles. The first-order valence-corrected chi connectivity index (χ1v) is 7.13. The van der Waals surface area contributed by atoms with Crippen LogP contribution in [0.15, 0.2) is 24.3 Å². The van der Waals surface area contributed by atoms with Crippen molar-refractivity contribution in [2.24, 2.45) is 17.3 Å². The summed E-state index contributed by atoms with van der Waals surface area (Å²) < 4.78 is 13.2. The van der Waals surface area contributed by atoms with Gasteiger partial charge in [0.05, 0.1) is 0 Å². The fourth-order valence-corrected chi connectivity index (χ4v) is 3.05. The van der Waals surface area contributed by atoms with Gasteiger partial charge in [-0.05, 0) is 48.3 Å².